The largest absolute Gasteiger partial charge is 0.486 e. The van der Waals surface area contributed by atoms with Gasteiger partial charge in [-0.3, -0.25) is 4.90 Å². The Labute approximate surface area is 113 Å². The molecular formula is C14H10F3NS. The van der Waals surface area contributed by atoms with Gasteiger partial charge in [-0.2, -0.15) is 13.2 Å². The molecule has 5 heteroatoms. The van der Waals surface area contributed by atoms with Crippen molar-refractivity contribution < 1.29 is 13.2 Å². The molecule has 0 aliphatic carbocycles. The highest BCUT2D eigenvalue weighted by Gasteiger charge is 2.47. The lowest BCUT2D eigenvalue weighted by molar-refractivity contribution is -0.130. The van der Waals surface area contributed by atoms with Crippen molar-refractivity contribution in [3.05, 3.63) is 60.2 Å². The molecule has 0 aromatic heterocycles. The van der Waals surface area contributed by atoms with Crippen LogP contribution in [0.1, 0.15) is 10.9 Å². The molecule has 2 aromatic rings. The predicted molar refractivity (Wildman–Crippen MR) is 70.0 cm³/mol. The molecule has 98 valence electrons. The molecule has 3 rings (SSSR count). The van der Waals surface area contributed by atoms with E-state index in [2.05, 4.69) is 0 Å². The topological polar surface area (TPSA) is 3.24 Å². The van der Waals surface area contributed by atoms with E-state index < -0.39 is 11.7 Å². The fourth-order valence-corrected chi connectivity index (χ4v) is 3.48. The lowest BCUT2D eigenvalue weighted by Crippen LogP contribution is -2.37. The zero-order chi connectivity index (χ0) is 13.5. The van der Waals surface area contributed by atoms with Crippen LogP contribution in [0.4, 0.5) is 18.9 Å². The standard InChI is InChI=1S/C14H10F3NS/c15-14(16,17)18-11-8-4-5-9-12(11)19-13(18)10-6-2-1-3-7-10/h1-9,13H. The molecule has 1 nitrogen and oxygen atoms in total. The minimum atomic E-state index is -4.39. The molecule has 0 N–H and O–H groups in total. The van der Waals surface area contributed by atoms with Crippen molar-refractivity contribution in [2.75, 3.05) is 4.90 Å². The fraction of sp³-hybridized carbons (Fsp3) is 0.143. The van der Waals surface area contributed by atoms with Gasteiger partial charge in [0.05, 0.1) is 5.69 Å². The van der Waals surface area contributed by atoms with Gasteiger partial charge >= 0.3 is 6.30 Å². The highest BCUT2D eigenvalue weighted by Crippen LogP contribution is 2.54. The molecule has 19 heavy (non-hydrogen) atoms. The SMILES string of the molecule is FC(F)(F)N1c2ccccc2SC1c1ccccc1. The first-order valence-electron chi connectivity index (χ1n) is 5.74. The smallest absolute Gasteiger partial charge is 0.266 e. The van der Waals surface area contributed by atoms with Gasteiger partial charge in [-0.1, -0.05) is 54.2 Å². The van der Waals surface area contributed by atoms with Crippen LogP contribution < -0.4 is 4.90 Å². The number of para-hydroxylation sites is 1. The third kappa shape index (κ3) is 2.18. The maximum atomic E-state index is 13.3. The summed E-state index contributed by atoms with van der Waals surface area (Å²) in [5.74, 6) is 0. The van der Waals surface area contributed by atoms with E-state index in [0.717, 1.165) is 0 Å². The van der Waals surface area contributed by atoms with Crippen molar-refractivity contribution in [1.29, 1.82) is 0 Å². The Balaban J connectivity index is 2.08. The summed E-state index contributed by atoms with van der Waals surface area (Å²) in [5.41, 5.74) is 0.884. The molecule has 0 saturated carbocycles. The average molecular weight is 281 g/mol. The van der Waals surface area contributed by atoms with Gasteiger partial charge in [0.25, 0.3) is 0 Å². The molecule has 0 amide bonds. The number of alkyl halides is 3. The first-order chi connectivity index (χ1) is 9.07. The molecule has 2 aromatic carbocycles. The molecule has 0 saturated heterocycles. The Bertz CT molecular complexity index is 583. The predicted octanol–water partition coefficient (Wildman–Crippen LogP) is 4.82. The second-order valence-corrected chi connectivity index (χ2v) is 5.31. The van der Waals surface area contributed by atoms with Crippen molar-refractivity contribution in [2.24, 2.45) is 0 Å². The summed E-state index contributed by atoms with van der Waals surface area (Å²) < 4.78 is 39.9. The van der Waals surface area contributed by atoms with Gasteiger partial charge in [-0.05, 0) is 17.7 Å². The number of rotatable bonds is 1. The Morgan fingerprint density at radius 1 is 0.895 bits per heavy atom. The van der Waals surface area contributed by atoms with Gasteiger partial charge in [0.1, 0.15) is 5.37 Å². The minimum Gasteiger partial charge on any atom is -0.266 e. The number of anilines is 1. The Kier molecular flexibility index (Phi) is 2.93. The van der Waals surface area contributed by atoms with Crippen LogP contribution in [0, 0.1) is 0 Å². The Morgan fingerprint density at radius 2 is 1.53 bits per heavy atom. The van der Waals surface area contributed by atoms with Crippen molar-refractivity contribution in [3.8, 4) is 0 Å². The molecule has 0 spiro atoms. The zero-order valence-electron chi connectivity index (χ0n) is 9.76. The van der Waals surface area contributed by atoms with E-state index in [1.165, 1.54) is 17.8 Å². The number of hydrogen-bond donors (Lipinski definition) is 0. The minimum absolute atomic E-state index is 0.230. The van der Waals surface area contributed by atoms with Crippen molar-refractivity contribution >= 4 is 17.4 Å². The van der Waals surface area contributed by atoms with E-state index >= 15 is 0 Å². The highest BCUT2D eigenvalue weighted by molar-refractivity contribution is 8.00. The quantitative estimate of drug-likeness (QED) is 0.690. The number of nitrogens with zero attached hydrogens (tertiary/aromatic N) is 1. The molecule has 1 aliphatic heterocycles. The number of hydrogen-bond acceptors (Lipinski definition) is 2. The summed E-state index contributed by atoms with van der Waals surface area (Å²) in [7, 11) is 0. The lowest BCUT2D eigenvalue weighted by atomic mass is 10.2. The van der Waals surface area contributed by atoms with Gasteiger partial charge in [0.15, 0.2) is 0 Å². The zero-order valence-corrected chi connectivity index (χ0v) is 10.6. The molecule has 1 unspecified atom stereocenters. The van der Waals surface area contributed by atoms with Crippen LogP contribution >= 0.6 is 11.8 Å². The molecule has 1 atom stereocenters. The van der Waals surface area contributed by atoms with Gasteiger partial charge in [0.2, 0.25) is 0 Å². The fourth-order valence-electron chi connectivity index (χ4n) is 2.16. The molecule has 0 bridgehead atoms. The van der Waals surface area contributed by atoms with Crippen LogP contribution in [0.2, 0.25) is 0 Å². The molecule has 1 aliphatic rings. The van der Waals surface area contributed by atoms with Crippen LogP contribution in [0.3, 0.4) is 0 Å². The summed E-state index contributed by atoms with van der Waals surface area (Å²) in [6.07, 6.45) is -4.39. The van der Waals surface area contributed by atoms with Gasteiger partial charge in [0, 0.05) is 4.90 Å². The van der Waals surface area contributed by atoms with E-state index in [1.807, 2.05) is 0 Å². The summed E-state index contributed by atoms with van der Waals surface area (Å²) in [6, 6.07) is 15.4. The maximum absolute atomic E-state index is 13.3. The summed E-state index contributed by atoms with van der Waals surface area (Å²) in [6.45, 7) is 0. The Morgan fingerprint density at radius 3 is 2.21 bits per heavy atom. The monoisotopic (exact) mass is 281 g/mol. The van der Waals surface area contributed by atoms with Crippen molar-refractivity contribution in [3.63, 3.8) is 0 Å². The van der Waals surface area contributed by atoms with Crippen LogP contribution in [0.25, 0.3) is 0 Å². The van der Waals surface area contributed by atoms with E-state index in [1.54, 1.807) is 48.5 Å². The summed E-state index contributed by atoms with van der Waals surface area (Å²) in [5, 5.41) is -0.751. The van der Waals surface area contributed by atoms with E-state index in [9.17, 15) is 13.2 Å². The van der Waals surface area contributed by atoms with E-state index in [0.29, 0.717) is 15.4 Å². The number of fused-ring (bicyclic) bond motifs is 1. The first kappa shape index (κ1) is 12.4. The molecule has 1 heterocycles. The number of thioether (sulfide) groups is 1. The summed E-state index contributed by atoms with van der Waals surface area (Å²) >= 11 is 1.23. The third-order valence-corrected chi connectivity index (χ3v) is 4.26. The van der Waals surface area contributed by atoms with Gasteiger partial charge < -0.3 is 0 Å². The normalized spacial score (nSPS) is 18.5. The van der Waals surface area contributed by atoms with Crippen molar-refractivity contribution in [2.45, 2.75) is 16.6 Å². The third-order valence-electron chi connectivity index (χ3n) is 2.96. The molecule has 0 radical (unpaired) electrons. The van der Waals surface area contributed by atoms with Crippen LogP contribution in [-0.4, -0.2) is 6.30 Å². The van der Waals surface area contributed by atoms with E-state index in [4.69, 9.17) is 0 Å². The van der Waals surface area contributed by atoms with Crippen LogP contribution in [0.5, 0.6) is 0 Å². The average Bonchev–Trinajstić information content (AvgIpc) is 2.79. The van der Waals surface area contributed by atoms with E-state index in [-0.39, 0.29) is 5.69 Å². The second-order valence-electron chi connectivity index (χ2n) is 4.19. The molecule has 0 fully saturated rings. The Hall–Kier alpha value is -1.62. The number of halogens is 3. The second kappa shape index (κ2) is 4.49. The molecular weight excluding hydrogens is 271 g/mol. The van der Waals surface area contributed by atoms with Crippen LogP contribution in [0.15, 0.2) is 59.5 Å². The van der Waals surface area contributed by atoms with Gasteiger partial charge in [-0.25, -0.2) is 0 Å². The maximum Gasteiger partial charge on any atom is 0.486 e. The first-order valence-corrected chi connectivity index (χ1v) is 6.62. The van der Waals surface area contributed by atoms with Crippen LogP contribution in [-0.2, 0) is 0 Å². The lowest BCUT2D eigenvalue weighted by Gasteiger charge is -2.28. The van der Waals surface area contributed by atoms with Gasteiger partial charge in [-0.15, -0.1) is 0 Å². The van der Waals surface area contributed by atoms with Crippen molar-refractivity contribution in [1.82, 2.24) is 0 Å². The highest BCUT2D eigenvalue weighted by atomic mass is 32.2. The number of benzene rings is 2. The summed E-state index contributed by atoms with van der Waals surface area (Å²) in [4.78, 5) is 1.19.